The van der Waals surface area contributed by atoms with Gasteiger partial charge in [0, 0.05) is 0 Å². The van der Waals surface area contributed by atoms with E-state index in [4.69, 9.17) is 0 Å². The summed E-state index contributed by atoms with van der Waals surface area (Å²) in [6.07, 6.45) is 0. The predicted molar refractivity (Wildman–Crippen MR) is 35.4 cm³/mol. The van der Waals surface area contributed by atoms with Crippen molar-refractivity contribution >= 4 is 0 Å². The fourth-order valence-corrected chi connectivity index (χ4v) is 0.799. The molecule has 1 nitrogen and oxygen atoms in total. The van der Waals surface area contributed by atoms with Crippen molar-refractivity contribution in [2.24, 2.45) is 0 Å². The van der Waals surface area contributed by atoms with Crippen LogP contribution in [0.15, 0.2) is 18.2 Å². The predicted octanol–water partition coefficient (Wildman–Crippen LogP) is -1.62. The van der Waals surface area contributed by atoms with E-state index in [1.807, 2.05) is 26.0 Å². The van der Waals surface area contributed by atoms with E-state index < -0.39 is 0 Å². The van der Waals surface area contributed by atoms with Crippen molar-refractivity contribution in [3.05, 3.63) is 29.3 Å². The van der Waals surface area contributed by atoms with Gasteiger partial charge in [0.2, 0.25) is 0 Å². The van der Waals surface area contributed by atoms with Gasteiger partial charge in [0.25, 0.3) is 0 Å². The molecule has 0 aliphatic heterocycles. The second-order valence-electron chi connectivity index (χ2n) is 2.27. The largest absolute Gasteiger partial charge is 1.00 e. The molecule has 0 N–H and O–H groups in total. The third kappa shape index (κ3) is 2.99. The van der Waals surface area contributed by atoms with E-state index in [-0.39, 0.29) is 74.6 Å². The van der Waals surface area contributed by atoms with Gasteiger partial charge in [0.05, 0.1) is 0 Å². The smallest absolute Gasteiger partial charge is 0.872 e. The summed E-state index contributed by atoms with van der Waals surface area (Å²) in [6, 6.07) is 5.32. The summed E-state index contributed by atoms with van der Waals surface area (Å²) in [7, 11) is 0. The molecule has 0 aromatic heterocycles. The van der Waals surface area contributed by atoms with Gasteiger partial charge in [0.15, 0.2) is 0 Å². The van der Waals surface area contributed by atoms with Gasteiger partial charge in [-0.15, -0.1) is 5.75 Å². The third-order valence-corrected chi connectivity index (χ3v) is 1.33. The van der Waals surface area contributed by atoms with E-state index >= 15 is 0 Å². The van der Waals surface area contributed by atoms with Gasteiger partial charge in [-0.05, 0) is 13.8 Å². The second kappa shape index (κ2) is 4.85. The zero-order chi connectivity index (χ0) is 6.85. The molecule has 1 aromatic rings. The molecule has 1 rings (SSSR count). The van der Waals surface area contributed by atoms with Crippen LogP contribution in [0.4, 0.5) is 0 Å². The summed E-state index contributed by atoms with van der Waals surface area (Å²) in [5.74, 6) is 0.126. The molecule has 0 aliphatic carbocycles. The van der Waals surface area contributed by atoms with Gasteiger partial charge in [-0.3, -0.25) is 0 Å². The molecule has 1 aromatic carbocycles. The molecule has 0 amide bonds. The molecule has 0 radical (unpaired) electrons. The van der Waals surface area contributed by atoms with Gasteiger partial charge in [-0.1, -0.05) is 29.3 Å². The third-order valence-electron chi connectivity index (χ3n) is 1.33. The molecule has 0 heterocycles. The molecular formula is C8H9CsO. The minimum absolute atomic E-state index is 0. The van der Waals surface area contributed by atoms with Crippen molar-refractivity contribution in [2.75, 3.05) is 0 Å². The number of hydrogen-bond donors (Lipinski definition) is 0. The number of rotatable bonds is 0. The van der Waals surface area contributed by atoms with E-state index in [1.54, 1.807) is 6.07 Å². The van der Waals surface area contributed by atoms with Gasteiger partial charge in [-0.2, -0.15) is 0 Å². The van der Waals surface area contributed by atoms with Crippen molar-refractivity contribution in [2.45, 2.75) is 13.8 Å². The van der Waals surface area contributed by atoms with Crippen LogP contribution >= 0.6 is 0 Å². The van der Waals surface area contributed by atoms with Crippen LogP contribution in [0.25, 0.3) is 0 Å². The Bertz CT molecular complexity index is 220. The zero-order valence-corrected chi connectivity index (χ0v) is 12.9. The summed E-state index contributed by atoms with van der Waals surface area (Å²) in [5, 5.41) is 10.8. The normalized spacial score (nSPS) is 8.60. The van der Waals surface area contributed by atoms with Crippen LogP contribution in [0.5, 0.6) is 5.75 Å². The van der Waals surface area contributed by atoms with E-state index in [9.17, 15) is 5.11 Å². The fraction of sp³-hybridized carbons (Fsp3) is 0.250. The maximum atomic E-state index is 10.8. The Morgan fingerprint density at radius 1 is 1.20 bits per heavy atom. The first kappa shape index (κ1) is 11.1. The summed E-state index contributed by atoms with van der Waals surface area (Å²) >= 11 is 0. The molecule has 10 heavy (non-hydrogen) atoms. The van der Waals surface area contributed by atoms with Crippen LogP contribution in [0.2, 0.25) is 0 Å². The van der Waals surface area contributed by atoms with Crippen LogP contribution in [-0.4, -0.2) is 0 Å². The van der Waals surface area contributed by atoms with Gasteiger partial charge < -0.3 is 5.11 Å². The van der Waals surface area contributed by atoms with Crippen molar-refractivity contribution in [3.63, 3.8) is 0 Å². The van der Waals surface area contributed by atoms with Gasteiger partial charge in [-0.25, -0.2) is 0 Å². The summed E-state index contributed by atoms with van der Waals surface area (Å²) in [6.45, 7) is 3.81. The topological polar surface area (TPSA) is 23.1 Å². The summed E-state index contributed by atoms with van der Waals surface area (Å²) < 4.78 is 0. The van der Waals surface area contributed by atoms with E-state index in [0.29, 0.717) is 0 Å². The van der Waals surface area contributed by atoms with Crippen LogP contribution in [0, 0.1) is 13.8 Å². The second-order valence-corrected chi connectivity index (χ2v) is 2.27. The molecular weight excluding hydrogens is 245 g/mol. The minimum Gasteiger partial charge on any atom is -0.872 e. The monoisotopic (exact) mass is 254 g/mol. The first-order chi connectivity index (χ1) is 4.20. The Kier molecular flexibility index (Phi) is 5.37. The number of aryl methyl sites for hydroxylation is 2. The van der Waals surface area contributed by atoms with Gasteiger partial charge >= 0.3 is 68.9 Å². The standard InChI is InChI=1S/C8H10O.Cs/c1-6-3-4-8(9)7(2)5-6;/h3-5,9H,1-2H3;/q;+1/p-1. The quantitative estimate of drug-likeness (QED) is 0.546. The molecule has 0 unspecified atom stereocenters. The summed E-state index contributed by atoms with van der Waals surface area (Å²) in [5.41, 5.74) is 1.97. The molecule has 0 bridgehead atoms. The van der Waals surface area contributed by atoms with Gasteiger partial charge in [0.1, 0.15) is 0 Å². The molecule has 0 atom stereocenters. The first-order valence-electron chi connectivity index (χ1n) is 2.94. The number of hydrogen-bond acceptors (Lipinski definition) is 1. The Hall–Kier alpha value is 1.07. The summed E-state index contributed by atoms with van der Waals surface area (Å²) in [4.78, 5) is 0. The zero-order valence-electron chi connectivity index (χ0n) is 6.64. The number of benzene rings is 1. The molecule has 48 valence electrons. The first-order valence-corrected chi connectivity index (χ1v) is 2.94. The molecule has 0 fully saturated rings. The SMILES string of the molecule is Cc1ccc([O-])c(C)c1.[Cs+]. The van der Waals surface area contributed by atoms with Crippen molar-refractivity contribution in [3.8, 4) is 5.75 Å². The van der Waals surface area contributed by atoms with Crippen molar-refractivity contribution < 1.29 is 74.0 Å². The van der Waals surface area contributed by atoms with Crippen LogP contribution in [-0.2, 0) is 0 Å². The van der Waals surface area contributed by atoms with Crippen LogP contribution in [0.1, 0.15) is 11.1 Å². The molecule has 0 saturated heterocycles. The maximum absolute atomic E-state index is 10.8. The van der Waals surface area contributed by atoms with E-state index in [0.717, 1.165) is 11.1 Å². The Morgan fingerprint density at radius 3 is 2.20 bits per heavy atom. The average Bonchev–Trinajstić information content (AvgIpc) is 1.80. The van der Waals surface area contributed by atoms with Crippen molar-refractivity contribution in [1.29, 1.82) is 0 Å². The molecule has 0 spiro atoms. The maximum Gasteiger partial charge on any atom is 1.00 e. The van der Waals surface area contributed by atoms with Crippen LogP contribution < -0.4 is 74.0 Å². The minimum atomic E-state index is 0. The van der Waals surface area contributed by atoms with E-state index in [1.165, 1.54) is 0 Å². The van der Waals surface area contributed by atoms with Crippen molar-refractivity contribution in [1.82, 2.24) is 0 Å². The molecule has 0 aliphatic rings. The fourth-order valence-electron chi connectivity index (χ4n) is 0.799. The van der Waals surface area contributed by atoms with Crippen LogP contribution in [0.3, 0.4) is 0 Å². The Morgan fingerprint density at radius 2 is 1.80 bits per heavy atom. The average molecular weight is 254 g/mol. The molecule has 0 saturated carbocycles. The van der Waals surface area contributed by atoms with E-state index in [2.05, 4.69) is 0 Å². The Balaban J connectivity index is 0.000000810. The Labute approximate surface area is 120 Å². The molecule has 2 heteroatoms.